The van der Waals surface area contributed by atoms with Crippen LogP contribution in [0.4, 0.5) is 5.69 Å². The minimum Gasteiger partial charge on any atom is -0.373 e. The Morgan fingerprint density at radius 1 is 0.926 bits per heavy atom. The molecule has 1 heterocycles. The van der Waals surface area contributed by atoms with Crippen LogP contribution in [0.15, 0.2) is 54.6 Å². The Balaban J connectivity index is 1.53. The van der Waals surface area contributed by atoms with E-state index in [-0.39, 0.29) is 5.91 Å². The van der Waals surface area contributed by atoms with E-state index < -0.39 is 0 Å². The van der Waals surface area contributed by atoms with Gasteiger partial charge in [-0.25, -0.2) is 0 Å². The number of nitrogens with zero attached hydrogens (tertiary/aromatic N) is 3. The van der Waals surface area contributed by atoms with Crippen LogP contribution in [0.1, 0.15) is 35.2 Å². The number of para-hydroxylation sites is 1. The zero-order valence-corrected chi connectivity index (χ0v) is 16.6. The van der Waals surface area contributed by atoms with Crippen molar-refractivity contribution in [2.45, 2.75) is 25.8 Å². The summed E-state index contributed by atoms with van der Waals surface area (Å²) in [4.78, 5) is 19.3. The van der Waals surface area contributed by atoms with Crippen molar-refractivity contribution in [3.05, 3.63) is 65.7 Å². The summed E-state index contributed by atoms with van der Waals surface area (Å²) < 4.78 is 0. The number of likely N-dealkylation sites (N-methyl/N-ethyl adjacent to an activating group) is 2. The van der Waals surface area contributed by atoms with Crippen LogP contribution in [0.5, 0.6) is 0 Å². The molecule has 0 atom stereocenters. The molecule has 0 bridgehead atoms. The number of hydrogen-bond donors (Lipinski definition) is 0. The summed E-state index contributed by atoms with van der Waals surface area (Å²) in [5, 5.41) is 0. The van der Waals surface area contributed by atoms with Crippen LogP contribution >= 0.6 is 0 Å². The maximum atomic E-state index is 12.7. The van der Waals surface area contributed by atoms with E-state index in [4.69, 9.17) is 0 Å². The number of anilines is 1. The highest BCUT2D eigenvalue weighted by molar-refractivity contribution is 5.94. The zero-order valence-electron chi connectivity index (χ0n) is 16.6. The predicted octanol–water partition coefficient (Wildman–Crippen LogP) is 3.88. The molecule has 1 amide bonds. The number of piperidine rings is 1. The molecular weight excluding hydrogens is 334 g/mol. The molecule has 2 aromatic carbocycles. The summed E-state index contributed by atoms with van der Waals surface area (Å²) in [7, 11) is 4.26. The second-order valence-corrected chi connectivity index (χ2v) is 7.55. The van der Waals surface area contributed by atoms with Gasteiger partial charge < -0.3 is 14.7 Å². The number of amides is 1. The number of likely N-dealkylation sites (tertiary alicyclic amines) is 1. The first-order valence-electron chi connectivity index (χ1n) is 9.96. The second kappa shape index (κ2) is 9.56. The molecule has 0 radical (unpaired) electrons. The molecule has 3 rings (SSSR count). The third kappa shape index (κ3) is 5.57. The highest BCUT2D eigenvalue weighted by Crippen LogP contribution is 2.15. The largest absolute Gasteiger partial charge is 0.373 e. The van der Waals surface area contributed by atoms with Crippen molar-refractivity contribution in [2.75, 3.05) is 45.2 Å². The third-order valence-electron chi connectivity index (χ3n) is 5.28. The highest BCUT2D eigenvalue weighted by atomic mass is 16.2. The topological polar surface area (TPSA) is 26.8 Å². The number of benzene rings is 2. The number of carbonyl (C=O) groups is 1. The molecule has 2 aromatic rings. The molecule has 0 spiro atoms. The van der Waals surface area contributed by atoms with Gasteiger partial charge in [0.05, 0.1) is 0 Å². The van der Waals surface area contributed by atoms with E-state index in [1.165, 1.54) is 17.7 Å². The van der Waals surface area contributed by atoms with Crippen molar-refractivity contribution in [2.24, 2.45) is 0 Å². The first-order valence-corrected chi connectivity index (χ1v) is 9.96. The van der Waals surface area contributed by atoms with E-state index >= 15 is 0 Å². The molecular formula is C23H31N3O. The second-order valence-electron chi connectivity index (χ2n) is 7.55. The predicted molar refractivity (Wildman–Crippen MR) is 112 cm³/mol. The van der Waals surface area contributed by atoms with Gasteiger partial charge in [-0.15, -0.1) is 0 Å². The molecule has 1 saturated heterocycles. The van der Waals surface area contributed by atoms with E-state index in [0.717, 1.165) is 51.1 Å². The molecule has 0 saturated carbocycles. The lowest BCUT2D eigenvalue weighted by molar-refractivity contribution is 0.0724. The highest BCUT2D eigenvalue weighted by Gasteiger charge is 2.18. The summed E-state index contributed by atoms with van der Waals surface area (Å²) in [6.45, 7) is 4.58. The first kappa shape index (κ1) is 19.4. The van der Waals surface area contributed by atoms with Crippen molar-refractivity contribution in [1.82, 2.24) is 9.80 Å². The van der Waals surface area contributed by atoms with Crippen molar-refractivity contribution in [3.63, 3.8) is 0 Å². The molecule has 0 aliphatic carbocycles. The average Bonchev–Trinajstić information content (AvgIpc) is 2.73. The molecule has 1 aliphatic rings. The van der Waals surface area contributed by atoms with Crippen LogP contribution in [0, 0.1) is 0 Å². The molecule has 27 heavy (non-hydrogen) atoms. The first-order chi connectivity index (χ1) is 13.1. The smallest absolute Gasteiger partial charge is 0.253 e. The molecule has 144 valence electrons. The maximum Gasteiger partial charge on any atom is 0.253 e. The molecule has 0 unspecified atom stereocenters. The lowest BCUT2D eigenvalue weighted by Gasteiger charge is -2.27. The van der Waals surface area contributed by atoms with Crippen molar-refractivity contribution < 1.29 is 4.79 Å². The number of carbonyl (C=O) groups excluding carboxylic acids is 1. The fourth-order valence-corrected chi connectivity index (χ4v) is 3.61. The van der Waals surface area contributed by atoms with Crippen molar-refractivity contribution >= 4 is 11.6 Å². The van der Waals surface area contributed by atoms with Gasteiger partial charge >= 0.3 is 0 Å². The Labute approximate surface area is 163 Å². The van der Waals surface area contributed by atoms with Gasteiger partial charge in [0.1, 0.15) is 0 Å². The fourth-order valence-electron chi connectivity index (χ4n) is 3.61. The number of rotatable bonds is 7. The van der Waals surface area contributed by atoms with Gasteiger partial charge in [-0.3, -0.25) is 4.79 Å². The van der Waals surface area contributed by atoms with Crippen LogP contribution < -0.4 is 4.90 Å². The number of hydrogen-bond acceptors (Lipinski definition) is 3. The summed E-state index contributed by atoms with van der Waals surface area (Å²) in [6, 6.07) is 18.6. The van der Waals surface area contributed by atoms with E-state index in [0.29, 0.717) is 0 Å². The molecule has 0 N–H and O–H groups in total. The van der Waals surface area contributed by atoms with Crippen LogP contribution in [0.3, 0.4) is 0 Å². The molecule has 0 aromatic heterocycles. The van der Waals surface area contributed by atoms with Gasteiger partial charge in [-0.05, 0) is 56.1 Å². The van der Waals surface area contributed by atoms with Gasteiger partial charge in [0, 0.05) is 51.0 Å². The van der Waals surface area contributed by atoms with E-state index in [9.17, 15) is 4.79 Å². The Kier molecular flexibility index (Phi) is 6.88. The normalized spacial score (nSPS) is 14.4. The summed E-state index contributed by atoms with van der Waals surface area (Å²) in [5.74, 6) is 0.183. The molecule has 4 nitrogen and oxygen atoms in total. The van der Waals surface area contributed by atoms with Crippen LogP contribution in [0.25, 0.3) is 0 Å². The Morgan fingerprint density at radius 2 is 1.67 bits per heavy atom. The van der Waals surface area contributed by atoms with Crippen LogP contribution in [-0.2, 0) is 6.54 Å². The Bertz CT molecular complexity index is 725. The van der Waals surface area contributed by atoms with E-state index in [2.05, 4.69) is 60.3 Å². The van der Waals surface area contributed by atoms with Gasteiger partial charge in [-0.1, -0.05) is 30.3 Å². The fraction of sp³-hybridized carbons (Fsp3) is 0.435. The Hall–Kier alpha value is -2.33. The monoisotopic (exact) mass is 365 g/mol. The van der Waals surface area contributed by atoms with Crippen molar-refractivity contribution in [3.8, 4) is 0 Å². The quantitative estimate of drug-likeness (QED) is 0.745. The summed E-state index contributed by atoms with van der Waals surface area (Å²) >= 11 is 0. The minimum atomic E-state index is 0.183. The summed E-state index contributed by atoms with van der Waals surface area (Å²) in [6.07, 6.45) is 3.50. The molecule has 4 heteroatoms. The standard InChI is InChI=1S/C23H31N3O/c1-24(16-17-25(2)22-12-5-3-6-13-22)19-20-10-9-11-21(18-20)23(27)26-14-7-4-8-15-26/h3,5-6,9-13,18H,4,7-8,14-17,19H2,1-2H3. The third-order valence-corrected chi connectivity index (χ3v) is 5.28. The SMILES string of the molecule is CN(CCN(C)c1ccccc1)Cc1cccc(C(=O)N2CCCCC2)c1. The van der Waals surface area contributed by atoms with Gasteiger partial charge in [0.15, 0.2) is 0 Å². The van der Waals surface area contributed by atoms with Gasteiger partial charge in [-0.2, -0.15) is 0 Å². The van der Waals surface area contributed by atoms with Crippen LogP contribution in [-0.4, -0.2) is 56.0 Å². The summed E-state index contributed by atoms with van der Waals surface area (Å²) in [5.41, 5.74) is 3.26. The van der Waals surface area contributed by atoms with Gasteiger partial charge in [0.25, 0.3) is 5.91 Å². The molecule has 1 aliphatic heterocycles. The minimum absolute atomic E-state index is 0.183. The average molecular weight is 366 g/mol. The molecule has 1 fully saturated rings. The zero-order chi connectivity index (χ0) is 19.1. The van der Waals surface area contributed by atoms with E-state index in [1.807, 2.05) is 23.1 Å². The lowest BCUT2D eigenvalue weighted by Crippen LogP contribution is -2.35. The van der Waals surface area contributed by atoms with Crippen molar-refractivity contribution in [1.29, 1.82) is 0 Å². The Morgan fingerprint density at radius 3 is 2.41 bits per heavy atom. The lowest BCUT2D eigenvalue weighted by atomic mass is 10.1. The van der Waals surface area contributed by atoms with Gasteiger partial charge in [0.2, 0.25) is 0 Å². The van der Waals surface area contributed by atoms with Crippen LogP contribution in [0.2, 0.25) is 0 Å². The van der Waals surface area contributed by atoms with E-state index in [1.54, 1.807) is 0 Å². The maximum absolute atomic E-state index is 12.7.